The van der Waals surface area contributed by atoms with Crippen molar-refractivity contribution < 1.29 is 14.5 Å². The molecule has 0 saturated carbocycles. The lowest BCUT2D eigenvalue weighted by Crippen LogP contribution is -2.30. The summed E-state index contributed by atoms with van der Waals surface area (Å²) in [6, 6.07) is 9.70. The molecule has 0 atom stereocenters. The van der Waals surface area contributed by atoms with Crippen LogP contribution in [0.5, 0.6) is 5.75 Å². The van der Waals surface area contributed by atoms with Crippen molar-refractivity contribution in [3.8, 4) is 5.75 Å². The van der Waals surface area contributed by atoms with Gasteiger partial charge in [-0.1, -0.05) is 12.1 Å². The van der Waals surface area contributed by atoms with E-state index in [-0.39, 0.29) is 5.69 Å². The molecule has 0 aliphatic rings. The number of nitrogens with one attached hydrogen (secondary N) is 1. The van der Waals surface area contributed by atoms with Gasteiger partial charge in [0.05, 0.1) is 25.6 Å². The summed E-state index contributed by atoms with van der Waals surface area (Å²) in [5, 5.41) is 5.03. The van der Waals surface area contributed by atoms with Crippen LogP contribution in [0.25, 0.3) is 16.7 Å². The van der Waals surface area contributed by atoms with E-state index >= 15 is 0 Å². The van der Waals surface area contributed by atoms with Gasteiger partial charge < -0.3 is 9.47 Å². The average molecular weight is 409 g/mol. The minimum absolute atomic E-state index is 0.243. The van der Waals surface area contributed by atoms with Crippen molar-refractivity contribution in [3.05, 3.63) is 64.5 Å². The van der Waals surface area contributed by atoms with Gasteiger partial charge >= 0.3 is 5.69 Å². The fraction of sp³-hybridized carbons (Fsp3) is 0.333. The van der Waals surface area contributed by atoms with E-state index in [2.05, 4.69) is 26.0 Å². The number of aromatic nitrogens is 5. The third-order valence-electron chi connectivity index (χ3n) is 5.06. The molecule has 0 radical (unpaired) electrons. The number of hydrogen-bond acceptors (Lipinski definition) is 6. The average Bonchev–Trinajstić information content (AvgIpc) is 3.26. The predicted molar refractivity (Wildman–Crippen MR) is 112 cm³/mol. The Kier molecular flexibility index (Phi) is 5.73. The van der Waals surface area contributed by atoms with Gasteiger partial charge in [0.25, 0.3) is 12.0 Å². The van der Waals surface area contributed by atoms with E-state index in [0.717, 1.165) is 35.4 Å². The highest BCUT2D eigenvalue weighted by Crippen LogP contribution is 2.18. The summed E-state index contributed by atoms with van der Waals surface area (Å²) in [7, 11) is 5.36. The summed E-state index contributed by atoms with van der Waals surface area (Å²) in [6.07, 6.45) is 3.34. The van der Waals surface area contributed by atoms with Crippen molar-refractivity contribution >= 4 is 16.7 Å². The number of methoxy groups -OCH3 is 2. The minimum Gasteiger partial charge on any atom is -0.497 e. The standard InChI is InChI=1S/C21H24N6O3/c1-25(8-9-29-2)12-16-10-18-19(22-11-16)26(21(28)27-20(18)23-14-24-27)13-15-4-6-17(30-3)7-5-15/h4-7,10-11,14H,8-9,12-13H2,1-3H3/p+1. The topological polar surface area (TPSA) is 88.0 Å². The first-order valence-electron chi connectivity index (χ1n) is 9.68. The van der Waals surface area contributed by atoms with Crippen molar-refractivity contribution in [3.63, 3.8) is 0 Å². The van der Waals surface area contributed by atoms with Crippen LogP contribution in [0, 0.1) is 0 Å². The summed E-state index contributed by atoms with van der Waals surface area (Å²) >= 11 is 0. The van der Waals surface area contributed by atoms with E-state index < -0.39 is 0 Å². The molecule has 0 aliphatic carbocycles. The lowest BCUT2D eigenvalue weighted by atomic mass is 10.2. The maximum Gasteiger partial charge on any atom is 0.425 e. The Morgan fingerprint density at radius 1 is 1.17 bits per heavy atom. The first-order chi connectivity index (χ1) is 14.6. The Morgan fingerprint density at radius 3 is 2.70 bits per heavy atom. The minimum atomic E-state index is -0.243. The first-order valence-corrected chi connectivity index (χ1v) is 9.68. The van der Waals surface area contributed by atoms with Crippen LogP contribution in [0.1, 0.15) is 11.1 Å². The second-order valence-electron chi connectivity index (χ2n) is 7.21. The number of benzene rings is 1. The number of ether oxygens (including phenoxy) is 2. The maximum atomic E-state index is 13.1. The molecular weight excluding hydrogens is 384 g/mol. The summed E-state index contributed by atoms with van der Waals surface area (Å²) < 4.78 is 13.4. The van der Waals surface area contributed by atoms with Gasteiger partial charge in [0.2, 0.25) is 0 Å². The molecule has 0 fully saturated rings. The highest BCUT2D eigenvalue weighted by atomic mass is 16.5. The molecule has 1 aromatic carbocycles. The van der Waals surface area contributed by atoms with Crippen LogP contribution in [0.3, 0.4) is 0 Å². The van der Waals surface area contributed by atoms with Gasteiger partial charge in [0.1, 0.15) is 5.75 Å². The lowest BCUT2D eigenvalue weighted by Gasteiger charge is -2.16. The highest BCUT2D eigenvalue weighted by molar-refractivity contribution is 5.87. The van der Waals surface area contributed by atoms with Gasteiger partial charge in [-0.3, -0.25) is 9.47 Å². The molecule has 9 heteroatoms. The second-order valence-corrected chi connectivity index (χ2v) is 7.21. The molecule has 3 heterocycles. The fourth-order valence-corrected chi connectivity index (χ4v) is 3.48. The molecule has 3 aromatic heterocycles. The predicted octanol–water partition coefficient (Wildman–Crippen LogP) is 0.993. The van der Waals surface area contributed by atoms with Gasteiger partial charge in [0, 0.05) is 31.5 Å². The molecule has 30 heavy (non-hydrogen) atoms. The van der Waals surface area contributed by atoms with Crippen LogP contribution in [0.4, 0.5) is 0 Å². The molecule has 0 aliphatic heterocycles. The van der Waals surface area contributed by atoms with E-state index in [4.69, 9.17) is 9.47 Å². The molecule has 4 rings (SSSR count). The molecule has 1 N–H and O–H groups in total. The Labute approximate surface area is 173 Å². The van der Waals surface area contributed by atoms with E-state index in [9.17, 15) is 4.79 Å². The number of rotatable bonds is 8. The first kappa shape index (κ1) is 20.0. The number of H-pyrrole nitrogens is 1. The van der Waals surface area contributed by atoms with Gasteiger partial charge in [-0.25, -0.2) is 14.8 Å². The number of pyridine rings is 1. The molecule has 9 nitrogen and oxygen atoms in total. The molecule has 0 spiro atoms. The van der Waals surface area contributed by atoms with Crippen molar-refractivity contribution in [1.82, 2.24) is 24.1 Å². The molecular formula is C21H25N6O3+. The zero-order chi connectivity index (χ0) is 21.1. The number of likely N-dealkylation sites (N-methyl/N-ethyl adjacent to an activating group) is 1. The van der Waals surface area contributed by atoms with Crippen LogP contribution in [-0.2, 0) is 17.8 Å². The van der Waals surface area contributed by atoms with E-state index in [0.29, 0.717) is 24.4 Å². The zero-order valence-corrected chi connectivity index (χ0v) is 17.3. The van der Waals surface area contributed by atoms with Crippen molar-refractivity contribution in [2.45, 2.75) is 13.1 Å². The Balaban J connectivity index is 1.77. The van der Waals surface area contributed by atoms with Gasteiger partial charge in [-0.15, -0.1) is 0 Å². The monoisotopic (exact) mass is 409 g/mol. The van der Waals surface area contributed by atoms with Gasteiger partial charge in [0.15, 0.2) is 5.65 Å². The molecule has 0 saturated heterocycles. The molecule has 0 amide bonds. The SMILES string of the molecule is COCCN(C)Cc1cnc2c(c1)c1[nH+]cnn1c(=O)n2Cc1ccc(OC)cc1. The summed E-state index contributed by atoms with van der Waals surface area (Å²) in [5.74, 6) is 0.772. The number of nitrogens with zero attached hydrogens (tertiary/aromatic N) is 5. The molecule has 0 bridgehead atoms. The van der Waals surface area contributed by atoms with E-state index in [1.54, 1.807) is 18.8 Å². The zero-order valence-electron chi connectivity index (χ0n) is 17.3. The lowest BCUT2D eigenvalue weighted by molar-refractivity contribution is -0.345. The van der Waals surface area contributed by atoms with E-state index in [1.807, 2.05) is 37.5 Å². The molecule has 156 valence electrons. The van der Waals surface area contributed by atoms with Crippen LogP contribution < -0.4 is 15.4 Å². The number of aromatic amines is 1. The third-order valence-corrected chi connectivity index (χ3v) is 5.06. The Morgan fingerprint density at radius 2 is 1.97 bits per heavy atom. The molecule has 4 aromatic rings. The van der Waals surface area contributed by atoms with E-state index in [1.165, 1.54) is 10.8 Å². The van der Waals surface area contributed by atoms with Crippen molar-refractivity contribution in [2.24, 2.45) is 0 Å². The van der Waals surface area contributed by atoms with Crippen LogP contribution in [0.15, 0.2) is 47.7 Å². The summed E-state index contributed by atoms with van der Waals surface area (Å²) in [5.41, 5.74) is 3.03. The normalized spacial score (nSPS) is 11.6. The number of fused-ring (bicyclic) bond motifs is 3. The fourth-order valence-electron chi connectivity index (χ4n) is 3.48. The van der Waals surface area contributed by atoms with Gasteiger partial charge in [-0.2, -0.15) is 0 Å². The van der Waals surface area contributed by atoms with Gasteiger partial charge in [-0.05, 0) is 40.9 Å². The maximum absolute atomic E-state index is 13.1. The molecule has 0 unspecified atom stereocenters. The van der Waals surface area contributed by atoms with Crippen molar-refractivity contribution in [2.75, 3.05) is 34.4 Å². The number of hydrogen-bond donors (Lipinski definition) is 0. The Bertz CT molecular complexity index is 1220. The quantitative estimate of drug-likeness (QED) is 0.431. The third kappa shape index (κ3) is 3.89. The van der Waals surface area contributed by atoms with Crippen LogP contribution in [-0.4, -0.2) is 58.5 Å². The van der Waals surface area contributed by atoms with Crippen LogP contribution in [0.2, 0.25) is 0 Å². The van der Waals surface area contributed by atoms with Crippen molar-refractivity contribution in [1.29, 1.82) is 0 Å². The Hall–Kier alpha value is -3.30. The largest absolute Gasteiger partial charge is 0.497 e. The summed E-state index contributed by atoms with van der Waals surface area (Å²) in [6.45, 7) is 2.60. The van der Waals surface area contributed by atoms with Crippen LogP contribution >= 0.6 is 0 Å². The summed E-state index contributed by atoms with van der Waals surface area (Å²) in [4.78, 5) is 23.0. The smallest absolute Gasteiger partial charge is 0.425 e. The highest BCUT2D eigenvalue weighted by Gasteiger charge is 2.20. The second kappa shape index (κ2) is 8.60.